The first-order chi connectivity index (χ1) is 16.3. The average molecular weight is 478 g/mol. The van der Waals surface area contributed by atoms with Crippen LogP contribution in [0.15, 0.2) is 97.1 Å². The van der Waals surface area contributed by atoms with Crippen molar-refractivity contribution >= 4 is 23.5 Å². The highest BCUT2D eigenvalue weighted by Crippen LogP contribution is 2.33. The zero-order chi connectivity index (χ0) is 24.6. The van der Waals surface area contributed by atoms with Crippen molar-refractivity contribution in [2.24, 2.45) is 0 Å². The molecule has 1 aromatic heterocycles. The first kappa shape index (κ1) is 24.9. The van der Waals surface area contributed by atoms with Crippen LogP contribution in [0.1, 0.15) is 19.4 Å². The van der Waals surface area contributed by atoms with Crippen molar-refractivity contribution in [2.45, 2.75) is 30.0 Å². The molecule has 3 aromatic rings. The summed E-state index contributed by atoms with van der Waals surface area (Å²) in [5.41, 5.74) is 1.01. The third-order valence-electron chi connectivity index (χ3n) is 4.72. The third-order valence-corrected chi connectivity index (χ3v) is 5.91. The number of carbonyl (C=O) groups is 1. The van der Waals surface area contributed by atoms with Gasteiger partial charge in [-0.15, -0.1) is 11.8 Å². The van der Waals surface area contributed by atoms with Crippen molar-refractivity contribution < 1.29 is 19.4 Å². The van der Waals surface area contributed by atoms with E-state index < -0.39 is 10.7 Å². The summed E-state index contributed by atoms with van der Waals surface area (Å²) in [6, 6.07) is 18.9. The Morgan fingerprint density at radius 2 is 1.85 bits per heavy atom. The Morgan fingerprint density at radius 3 is 2.50 bits per heavy atom. The van der Waals surface area contributed by atoms with Gasteiger partial charge in [0, 0.05) is 17.5 Å². The molecule has 1 heterocycles. The molecular weight excluding hydrogens is 450 g/mol. The Bertz CT molecular complexity index is 1130. The van der Waals surface area contributed by atoms with E-state index in [1.165, 1.54) is 24.4 Å². The van der Waals surface area contributed by atoms with Gasteiger partial charge in [0.05, 0.1) is 12.8 Å². The number of hydrogen-bond acceptors (Lipinski definition) is 7. The zero-order valence-corrected chi connectivity index (χ0v) is 20.0. The van der Waals surface area contributed by atoms with Crippen LogP contribution in [-0.2, 0) is 16.1 Å². The fraction of sp³-hybridized carbons (Fsp3) is 0.192. The number of carboxylic acids is 1. The van der Waals surface area contributed by atoms with Gasteiger partial charge >= 0.3 is 5.97 Å². The molecule has 3 rings (SSSR count). The number of ether oxygens (including phenoxy) is 2. The smallest absolute Gasteiger partial charge is 0.319 e. The SMILES string of the molecule is C=COC(=C)CN(Cc1ccc(SC(C)(C)C(=O)O)cc1)c1cc(Oc2ccccc2)ncn1. The first-order valence-electron chi connectivity index (χ1n) is 10.5. The van der Waals surface area contributed by atoms with E-state index in [2.05, 4.69) is 23.1 Å². The molecule has 34 heavy (non-hydrogen) atoms. The summed E-state index contributed by atoms with van der Waals surface area (Å²) in [4.78, 5) is 22.9. The lowest BCUT2D eigenvalue weighted by Gasteiger charge is -2.25. The number of benzene rings is 2. The average Bonchev–Trinajstić information content (AvgIpc) is 2.80. The molecule has 0 saturated carbocycles. The van der Waals surface area contributed by atoms with Gasteiger partial charge in [0.15, 0.2) is 0 Å². The van der Waals surface area contributed by atoms with Crippen LogP contribution >= 0.6 is 11.8 Å². The largest absolute Gasteiger partial charge is 0.480 e. The molecule has 0 unspecified atom stereocenters. The predicted octanol–water partition coefficient (Wildman–Crippen LogP) is 5.90. The van der Waals surface area contributed by atoms with E-state index in [0.29, 0.717) is 36.3 Å². The topological polar surface area (TPSA) is 84.8 Å². The van der Waals surface area contributed by atoms with Crippen LogP contribution in [0.5, 0.6) is 11.6 Å². The van der Waals surface area contributed by atoms with Crippen LogP contribution < -0.4 is 9.64 Å². The molecule has 0 aliphatic heterocycles. The summed E-state index contributed by atoms with van der Waals surface area (Å²) in [6.07, 6.45) is 2.78. The molecule has 0 atom stereocenters. The van der Waals surface area contributed by atoms with Crippen LogP contribution in [0.4, 0.5) is 5.82 Å². The minimum Gasteiger partial charge on any atom is -0.480 e. The number of thioether (sulfide) groups is 1. The standard InChI is InChI=1S/C26H27N3O4S/c1-5-32-19(2)16-29(17-20-11-13-22(14-12-20)34-26(3,4)25(30)31)23-15-24(28-18-27-23)33-21-9-7-6-8-10-21/h5-15,18H,1-2,16-17H2,3-4H3,(H,30,31). The fourth-order valence-corrected chi connectivity index (χ4v) is 3.92. The maximum absolute atomic E-state index is 11.4. The van der Waals surface area contributed by atoms with E-state index in [0.717, 1.165) is 10.5 Å². The summed E-state index contributed by atoms with van der Waals surface area (Å²) in [5.74, 6) is 1.38. The van der Waals surface area contributed by atoms with E-state index in [9.17, 15) is 9.90 Å². The zero-order valence-electron chi connectivity index (χ0n) is 19.2. The second-order valence-corrected chi connectivity index (χ2v) is 9.57. The molecule has 0 bridgehead atoms. The van der Waals surface area contributed by atoms with E-state index in [4.69, 9.17) is 9.47 Å². The van der Waals surface area contributed by atoms with Gasteiger partial charge in [-0.25, -0.2) is 9.97 Å². The molecule has 8 heteroatoms. The van der Waals surface area contributed by atoms with Crippen molar-refractivity contribution in [3.63, 3.8) is 0 Å². The lowest BCUT2D eigenvalue weighted by Crippen LogP contribution is -2.27. The second-order valence-electron chi connectivity index (χ2n) is 7.87. The van der Waals surface area contributed by atoms with Crippen LogP contribution in [0, 0.1) is 0 Å². The first-order valence-corrected chi connectivity index (χ1v) is 11.3. The molecule has 0 aliphatic rings. The molecule has 0 aliphatic carbocycles. The highest BCUT2D eigenvalue weighted by molar-refractivity contribution is 8.01. The maximum atomic E-state index is 11.4. The summed E-state index contributed by atoms with van der Waals surface area (Å²) in [6.45, 7) is 11.8. The number of aromatic nitrogens is 2. The van der Waals surface area contributed by atoms with Gasteiger partial charge in [-0.2, -0.15) is 0 Å². The highest BCUT2D eigenvalue weighted by atomic mass is 32.2. The molecule has 2 aromatic carbocycles. The minimum atomic E-state index is -0.913. The van der Waals surface area contributed by atoms with Gasteiger partial charge in [0.1, 0.15) is 28.4 Å². The quantitative estimate of drug-likeness (QED) is 0.255. The molecule has 1 N–H and O–H groups in total. The summed E-state index contributed by atoms with van der Waals surface area (Å²) < 4.78 is 10.3. The predicted molar refractivity (Wildman–Crippen MR) is 134 cm³/mol. The van der Waals surface area contributed by atoms with Gasteiger partial charge in [-0.05, 0) is 43.7 Å². The molecule has 0 saturated heterocycles. The van der Waals surface area contributed by atoms with Crippen LogP contribution in [0.3, 0.4) is 0 Å². The molecule has 176 valence electrons. The van der Waals surface area contributed by atoms with E-state index in [1.54, 1.807) is 19.9 Å². The molecule has 7 nitrogen and oxygen atoms in total. The Labute approximate surface area is 203 Å². The number of carboxylic acid groups (broad SMARTS) is 1. The molecule has 0 radical (unpaired) electrons. The minimum absolute atomic E-state index is 0.371. The lowest BCUT2D eigenvalue weighted by atomic mass is 10.2. The Hall–Kier alpha value is -3.78. The van der Waals surface area contributed by atoms with Gasteiger partial charge in [-0.1, -0.05) is 43.5 Å². The van der Waals surface area contributed by atoms with Crippen molar-refractivity contribution in [3.05, 3.63) is 97.7 Å². The van der Waals surface area contributed by atoms with Gasteiger partial charge in [0.2, 0.25) is 5.88 Å². The van der Waals surface area contributed by atoms with Gasteiger partial charge in [0.25, 0.3) is 0 Å². The van der Waals surface area contributed by atoms with Gasteiger partial charge < -0.3 is 19.5 Å². The Balaban J connectivity index is 1.80. The lowest BCUT2D eigenvalue weighted by molar-refractivity contribution is -0.138. The van der Waals surface area contributed by atoms with Crippen molar-refractivity contribution in [1.82, 2.24) is 9.97 Å². The summed E-state index contributed by atoms with van der Waals surface area (Å²) in [5, 5.41) is 9.37. The maximum Gasteiger partial charge on any atom is 0.319 e. The van der Waals surface area contributed by atoms with Crippen LogP contribution in [0.25, 0.3) is 0 Å². The number of hydrogen-bond donors (Lipinski definition) is 1. The summed E-state index contributed by atoms with van der Waals surface area (Å²) >= 11 is 1.30. The molecular formula is C26H27N3O4S. The normalized spacial score (nSPS) is 10.9. The Kier molecular flexibility index (Phi) is 8.32. The van der Waals surface area contributed by atoms with Crippen molar-refractivity contribution in [1.29, 1.82) is 0 Å². The third kappa shape index (κ3) is 7.11. The van der Waals surface area contributed by atoms with Crippen molar-refractivity contribution in [2.75, 3.05) is 11.4 Å². The highest BCUT2D eigenvalue weighted by Gasteiger charge is 2.28. The number of nitrogens with zero attached hydrogens (tertiary/aromatic N) is 3. The van der Waals surface area contributed by atoms with Gasteiger partial charge in [-0.3, -0.25) is 4.79 Å². The number of anilines is 1. The molecule has 0 spiro atoms. The van der Waals surface area contributed by atoms with E-state index in [-0.39, 0.29) is 0 Å². The second kappa shape index (κ2) is 11.4. The van der Waals surface area contributed by atoms with Crippen LogP contribution in [-0.4, -0.2) is 32.3 Å². The molecule has 0 fully saturated rings. The summed E-state index contributed by atoms with van der Waals surface area (Å²) in [7, 11) is 0. The number of para-hydroxylation sites is 1. The van der Waals surface area contributed by atoms with Crippen LogP contribution in [0.2, 0.25) is 0 Å². The van der Waals surface area contributed by atoms with E-state index in [1.807, 2.05) is 59.5 Å². The van der Waals surface area contributed by atoms with E-state index >= 15 is 0 Å². The van der Waals surface area contributed by atoms with Crippen molar-refractivity contribution in [3.8, 4) is 11.6 Å². The monoisotopic (exact) mass is 477 g/mol. The fourth-order valence-electron chi connectivity index (χ4n) is 2.98. The molecule has 0 amide bonds. The number of rotatable bonds is 12. The number of aliphatic carboxylic acids is 1. The Morgan fingerprint density at radius 1 is 1.15 bits per heavy atom.